The van der Waals surface area contributed by atoms with Gasteiger partial charge >= 0.3 is 0 Å². The van der Waals surface area contributed by atoms with Crippen LogP contribution in [0, 0.1) is 0 Å². The number of hydrogen-bond acceptors (Lipinski definition) is 5. The van der Waals surface area contributed by atoms with Crippen molar-refractivity contribution in [2.24, 2.45) is 0 Å². The average molecular weight is 460 g/mol. The maximum Gasteiger partial charge on any atom is 0.255 e. The highest BCUT2D eigenvalue weighted by atomic mass is 32.2. The van der Waals surface area contributed by atoms with Crippen molar-refractivity contribution in [2.45, 2.75) is 44.6 Å². The Balaban J connectivity index is 1.80. The Hall–Kier alpha value is -2.42. The summed E-state index contributed by atoms with van der Waals surface area (Å²) in [5, 5.41) is 2.90. The minimum absolute atomic E-state index is 0.00445. The van der Waals surface area contributed by atoms with Crippen LogP contribution in [-0.2, 0) is 16.6 Å². The van der Waals surface area contributed by atoms with Crippen LogP contribution in [0.1, 0.15) is 49.0 Å². The van der Waals surface area contributed by atoms with E-state index in [0.717, 1.165) is 25.2 Å². The summed E-state index contributed by atoms with van der Waals surface area (Å²) in [6, 6.07) is 12.3. The van der Waals surface area contributed by atoms with E-state index >= 15 is 0 Å². The first-order valence-electron chi connectivity index (χ1n) is 11.2. The standard InChI is InChI=1S/C24H33N3O4S/c1-4-27(5-2)32(29,30)23-17-20(12-13-22(23)31-3)24(28)25-21-11-9-10-19(16-21)18-26-14-7-6-8-15-26/h9-13,16-17H,4-8,14-15,18H2,1-3H3,(H,25,28). The van der Waals surface area contributed by atoms with Crippen molar-refractivity contribution in [1.29, 1.82) is 0 Å². The van der Waals surface area contributed by atoms with Crippen molar-refractivity contribution in [3.8, 4) is 5.75 Å². The average Bonchev–Trinajstić information content (AvgIpc) is 2.80. The molecule has 0 radical (unpaired) electrons. The Morgan fingerprint density at radius 1 is 1.06 bits per heavy atom. The summed E-state index contributed by atoms with van der Waals surface area (Å²) in [6.07, 6.45) is 3.75. The molecule has 1 amide bonds. The molecule has 0 aliphatic carbocycles. The van der Waals surface area contributed by atoms with Gasteiger partial charge in [0, 0.05) is 30.9 Å². The molecular formula is C24H33N3O4S. The zero-order valence-corrected chi connectivity index (χ0v) is 20.0. The minimum atomic E-state index is -3.77. The zero-order valence-electron chi connectivity index (χ0n) is 19.1. The molecular weight excluding hydrogens is 426 g/mol. The Morgan fingerprint density at radius 3 is 2.44 bits per heavy atom. The number of piperidine rings is 1. The third-order valence-corrected chi connectivity index (χ3v) is 7.86. The third kappa shape index (κ3) is 5.68. The Morgan fingerprint density at radius 2 is 1.78 bits per heavy atom. The first-order chi connectivity index (χ1) is 15.4. The molecule has 1 aliphatic heterocycles. The lowest BCUT2D eigenvalue weighted by Crippen LogP contribution is -2.31. The second kappa shape index (κ2) is 10.9. The van der Waals surface area contributed by atoms with Gasteiger partial charge in [-0.05, 0) is 61.8 Å². The summed E-state index contributed by atoms with van der Waals surface area (Å²) in [5.41, 5.74) is 2.09. The molecule has 2 aromatic rings. The van der Waals surface area contributed by atoms with Crippen LogP contribution in [0.25, 0.3) is 0 Å². The van der Waals surface area contributed by atoms with Gasteiger partial charge in [0.2, 0.25) is 10.0 Å². The van der Waals surface area contributed by atoms with Crippen molar-refractivity contribution >= 4 is 21.6 Å². The van der Waals surface area contributed by atoms with Gasteiger partial charge in [-0.25, -0.2) is 8.42 Å². The second-order valence-electron chi connectivity index (χ2n) is 7.95. The number of nitrogens with one attached hydrogen (secondary N) is 1. The minimum Gasteiger partial charge on any atom is -0.495 e. The number of ether oxygens (including phenoxy) is 1. The largest absolute Gasteiger partial charge is 0.495 e. The first-order valence-corrected chi connectivity index (χ1v) is 12.6. The number of benzene rings is 2. The maximum absolute atomic E-state index is 13.1. The van der Waals surface area contributed by atoms with Gasteiger partial charge in [0.25, 0.3) is 5.91 Å². The Bertz CT molecular complexity index is 1030. The number of carbonyl (C=O) groups excluding carboxylic acids is 1. The molecule has 0 bridgehead atoms. The quantitative estimate of drug-likeness (QED) is 0.614. The number of likely N-dealkylation sites (tertiary alicyclic amines) is 1. The van der Waals surface area contributed by atoms with Gasteiger partial charge in [0.1, 0.15) is 10.6 Å². The predicted octanol–water partition coefficient (Wildman–Crippen LogP) is 3.96. The molecule has 7 nitrogen and oxygen atoms in total. The number of anilines is 1. The third-order valence-electron chi connectivity index (χ3n) is 5.79. The van der Waals surface area contributed by atoms with Crippen LogP contribution in [0.15, 0.2) is 47.4 Å². The molecule has 1 saturated heterocycles. The van der Waals surface area contributed by atoms with Gasteiger partial charge in [-0.2, -0.15) is 4.31 Å². The van der Waals surface area contributed by atoms with E-state index < -0.39 is 10.0 Å². The van der Waals surface area contributed by atoms with Crippen molar-refractivity contribution < 1.29 is 17.9 Å². The summed E-state index contributed by atoms with van der Waals surface area (Å²) >= 11 is 0. The lowest BCUT2D eigenvalue weighted by molar-refractivity contribution is 0.102. The maximum atomic E-state index is 13.1. The normalized spacial score (nSPS) is 15.0. The molecule has 1 fully saturated rings. The molecule has 0 unspecified atom stereocenters. The Labute approximate surface area is 191 Å². The van der Waals surface area contributed by atoms with E-state index in [0.29, 0.717) is 18.8 Å². The number of methoxy groups -OCH3 is 1. The molecule has 1 aliphatic rings. The Kier molecular flexibility index (Phi) is 8.28. The van der Waals surface area contributed by atoms with Crippen LogP contribution in [0.4, 0.5) is 5.69 Å². The molecule has 32 heavy (non-hydrogen) atoms. The van der Waals surface area contributed by atoms with Crippen LogP contribution in [0.5, 0.6) is 5.75 Å². The van der Waals surface area contributed by atoms with Crippen molar-refractivity contribution in [3.05, 3.63) is 53.6 Å². The molecule has 0 aromatic heterocycles. The van der Waals surface area contributed by atoms with Crippen LogP contribution >= 0.6 is 0 Å². The highest BCUT2D eigenvalue weighted by Crippen LogP contribution is 2.28. The van der Waals surface area contributed by atoms with Gasteiger partial charge in [0.15, 0.2) is 0 Å². The molecule has 174 valence electrons. The second-order valence-corrected chi connectivity index (χ2v) is 9.85. The van der Waals surface area contributed by atoms with Crippen molar-refractivity contribution in [3.63, 3.8) is 0 Å². The highest BCUT2D eigenvalue weighted by molar-refractivity contribution is 7.89. The topological polar surface area (TPSA) is 79.0 Å². The van der Waals surface area contributed by atoms with Gasteiger partial charge in [-0.1, -0.05) is 32.4 Å². The lowest BCUT2D eigenvalue weighted by atomic mass is 10.1. The van der Waals surface area contributed by atoms with E-state index in [1.165, 1.54) is 42.8 Å². The van der Waals surface area contributed by atoms with Crippen LogP contribution in [0.2, 0.25) is 0 Å². The fraction of sp³-hybridized carbons (Fsp3) is 0.458. The summed E-state index contributed by atoms with van der Waals surface area (Å²) in [5.74, 6) is -0.143. The van der Waals surface area contributed by atoms with Gasteiger partial charge in [-0.15, -0.1) is 0 Å². The van der Waals surface area contributed by atoms with E-state index in [9.17, 15) is 13.2 Å². The summed E-state index contributed by atoms with van der Waals surface area (Å²) in [7, 11) is -2.35. The van der Waals surface area contributed by atoms with Crippen molar-refractivity contribution in [2.75, 3.05) is 38.6 Å². The summed E-state index contributed by atoms with van der Waals surface area (Å²) in [4.78, 5) is 15.4. The van der Waals surface area contributed by atoms with Gasteiger partial charge in [-0.3, -0.25) is 9.69 Å². The fourth-order valence-corrected chi connectivity index (χ4v) is 5.69. The molecule has 8 heteroatoms. The zero-order chi connectivity index (χ0) is 23.1. The smallest absolute Gasteiger partial charge is 0.255 e. The molecule has 0 saturated carbocycles. The molecule has 0 atom stereocenters. The monoisotopic (exact) mass is 459 g/mol. The SMILES string of the molecule is CCN(CC)S(=O)(=O)c1cc(C(=O)Nc2cccc(CN3CCCCC3)c2)ccc1OC. The van der Waals surface area contributed by atoms with Gasteiger partial charge in [0.05, 0.1) is 7.11 Å². The van der Waals surface area contributed by atoms with Crippen LogP contribution in [-0.4, -0.2) is 56.8 Å². The molecule has 3 rings (SSSR count). The van der Waals surface area contributed by atoms with E-state index in [1.807, 2.05) is 18.2 Å². The number of hydrogen-bond donors (Lipinski definition) is 1. The van der Waals surface area contributed by atoms with Crippen LogP contribution < -0.4 is 10.1 Å². The molecule has 0 spiro atoms. The lowest BCUT2D eigenvalue weighted by Gasteiger charge is -2.26. The molecule has 2 aromatic carbocycles. The number of amides is 1. The first kappa shape index (κ1) is 24.2. The summed E-state index contributed by atoms with van der Waals surface area (Å²) < 4.78 is 32.7. The van der Waals surface area contributed by atoms with E-state index in [1.54, 1.807) is 19.9 Å². The highest BCUT2D eigenvalue weighted by Gasteiger charge is 2.27. The fourth-order valence-electron chi connectivity index (χ4n) is 4.05. The van der Waals surface area contributed by atoms with Crippen LogP contribution in [0.3, 0.4) is 0 Å². The number of sulfonamides is 1. The van der Waals surface area contributed by atoms with E-state index in [-0.39, 0.29) is 22.1 Å². The predicted molar refractivity (Wildman–Crippen MR) is 127 cm³/mol. The number of rotatable bonds is 9. The molecule has 1 N–H and O–H groups in total. The summed E-state index contributed by atoms with van der Waals surface area (Å²) in [6.45, 7) is 7.29. The van der Waals surface area contributed by atoms with Gasteiger partial charge < -0.3 is 10.1 Å². The van der Waals surface area contributed by atoms with Crippen molar-refractivity contribution in [1.82, 2.24) is 9.21 Å². The molecule has 1 heterocycles. The van der Waals surface area contributed by atoms with E-state index in [2.05, 4.69) is 16.3 Å². The number of nitrogens with zero attached hydrogens (tertiary/aromatic N) is 2. The van der Waals surface area contributed by atoms with E-state index in [4.69, 9.17) is 4.74 Å². The number of carbonyl (C=O) groups is 1.